The van der Waals surface area contributed by atoms with Gasteiger partial charge >= 0.3 is 6.09 Å². The van der Waals surface area contributed by atoms with Gasteiger partial charge < -0.3 is 30.8 Å². The van der Waals surface area contributed by atoms with Gasteiger partial charge in [-0.1, -0.05) is 71.4 Å². The molecular formula is C27H42N4O6. The van der Waals surface area contributed by atoms with Crippen molar-refractivity contribution in [2.24, 2.45) is 11.8 Å². The zero-order chi connectivity index (χ0) is 27.8. The van der Waals surface area contributed by atoms with Crippen LogP contribution in [0.4, 0.5) is 4.79 Å². The van der Waals surface area contributed by atoms with Crippen molar-refractivity contribution in [2.75, 3.05) is 13.2 Å². The number of hydrogen-bond donors (Lipinski definition) is 4. The number of unbranched alkanes of at least 4 members (excludes halogenated alkanes) is 1. The predicted octanol–water partition coefficient (Wildman–Crippen LogP) is 2.11. The highest BCUT2D eigenvalue weighted by Gasteiger charge is 2.31. The van der Waals surface area contributed by atoms with E-state index in [2.05, 4.69) is 21.3 Å². The Morgan fingerprint density at radius 2 is 1.54 bits per heavy atom. The van der Waals surface area contributed by atoms with Gasteiger partial charge in [-0.15, -0.1) is 0 Å². The molecule has 3 atom stereocenters. The number of rotatable bonds is 16. The van der Waals surface area contributed by atoms with Crippen molar-refractivity contribution < 1.29 is 28.7 Å². The molecule has 0 aliphatic heterocycles. The number of amides is 4. The van der Waals surface area contributed by atoms with Crippen LogP contribution in [0.25, 0.3) is 0 Å². The first-order valence-electron chi connectivity index (χ1n) is 12.9. The Labute approximate surface area is 219 Å². The second kappa shape index (κ2) is 17.1. The molecule has 0 saturated carbocycles. The van der Waals surface area contributed by atoms with E-state index < -0.39 is 41.9 Å². The molecule has 1 rings (SSSR count). The highest BCUT2D eigenvalue weighted by Crippen LogP contribution is 2.10. The SMILES string of the molecule is CCCCOC(=O)N[C@H](C(=O)N[C@@H](CC(C)C)C(=O)N[C@@H](Cc1ccccc1)C(=O)NCC=O)C(C)C. The molecule has 0 heterocycles. The van der Waals surface area contributed by atoms with Gasteiger partial charge in [0.25, 0.3) is 0 Å². The Kier molecular flexibility index (Phi) is 14.6. The summed E-state index contributed by atoms with van der Waals surface area (Å²) in [7, 11) is 0. The molecule has 10 heteroatoms. The average molecular weight is 519 g/mol. The Hall–Kier alpha value is -3.43. The molecule has 0 saturated heterocycles. The molecule has 0 radical (unpaired) electrons. The van der Waals surface area contributed by atoms with Crippen LogP contribution in [0.15, 0.2) is 30.3 Å². The van der Waals surface area contributed by atoms with Gasteiger partial charge in [0.15, 0.2) is 0 Å². The van der Waals surface area contributed by atoms with Gasteiger partial charge in [-0.05, 0) is 30.2 Å². The lowest BCUT2D eigenvalue weighted by Gasteiger charge is -2.27. The number of carbonyl (C=O) groups is 5. The minimum absolute atomic E-state index is 0.0528. The third kappa shape index (κ3) is 12.4. The third-order valence-electron chi connectivity index (χ3n) is 5.57. The maximum absolute atomic E-state index is 13.3. The summed E-state index contributed by atoms with van der Waals surface area (Å²) in [6, 6.07) is 6.36. The molecule has 0 unspecified atom stereocenters. The third-order valence-corrected chi connectivity index (χ3v) is 5.57. The van der Waals surface area contributed by atoms with E-state index in [0.29, 0.717) is 19.1 Å². The van der Waals surface area contributed by atoms with E-state index in [1.165, 1.54) is 0 Å². The van der Waals surface area contributed by atoms with Crippen LogP contribution in [0.2, 0.25) is 0 Å². The van der Waals surface area contributed by atoms with Crippen molar-refractivity contribution in [3.05, 3.63) is 35.9 Å². The molecule has 0 aliphatic carbocycles. The number of benzene rings is 1. The number of hydrogen-bond acceptors (Lipinski definition) is 6. The van der Waals surface area contributed by atoms with Gasteiger partial charge in [0.1, 0.15) is 24.4 Å². The number of alkyl carbamates (subject to hydrolysis) is 1. The lowest BCUT2D eigenvalue weighted by Crippen LogP contribution is -2.58. The van der Waals surface area contributed by atoms with E-state index in [4.69, 9.17) is 4.74 Å². The van der Waals surface area contributed by atoms with Crippen molar-refractivity contribution in [3.8, 4) is 0 Å². The van der Waals surface area contributed by atoms with E-state index in [1.807, 2.05) is 51.1 Å². The minimum atomic E-state index is -0.950. The summed E-state index contributed by atoms with van der Waals surface area (Å²) >= 11 is 0. The van der Waals surface area contributed by atoms with E-state index >= 15 is 0 Å². The van der Waals surface area contributed by atoms with Crippen LogP contribution < -0.4 is 21.3 Å². The van der Waals surface area contributed by atoms with E-state index in [9.17, 15) is 24.0 Å². The Balaban J connectivity index is 3.00. The number of carbonyl (C=O) groups excluding carboxylic acids is 5. The maximum Gasteiger partial charge on any atom is 0.407 e. The van der Waals surface area contributed by atoms with Gasteiger partial charge in [-0.3, -0.25) is 14.4 Å². The first-order valence-corrected chi connectivity index (χ1v) is 12.9. The van der Waals surface area contributed by atoms with Crippen molar-refractivity contribution in [3.63, 3.8) is 0 Å². The summed E-state index contributed by atoms with van der Waals surface area (Å²) in [6.07, 6.45) is 1.98. The van der Waals surface area contributed by atoms with Crippen LogP contribution in [-0.4, -0.2) is 61.4 Å². The van der Waals surface area contributed by atoms with Crippen molar-refractivity contribution in [2.45, 2.75) is 78.4 Å². The van der Waals surface area contributed by atoms with Crippen LogP contribution in [0.1, 0.15) is 59.4 Å². The highest BCUT2D eigenvalue weighted by atomic mass is 16.5. The molecule has 10 nitrogen and oxygen atoms in total. The van der Waals surface area contributed by atoms with E-state index in [-0.39, 0.29) is 31.4 Å². The summed E-state index contributed by atoms with van der Waals surface area (Å²) in [6.45, 7) is 9.43. The number of nitrogens with one attached hydrogen (secondary N) is 4. The Bertz CT molecular complexity index is 875. The summed E-state index contributed by atoms with van der Waals surface area (Å²) in [5.41, 5.74) is 0.823. The predicted molar refractivity (Wildman–Crippen MR) is 141 cm³/mol. The fraction of sp³-hybridized carbons (Fsp3) is 0.593. The topological polar surface area (TPSA) is 143 Å². The zero-order valence-corrected chi connectivity index (χ0v) is 22.5. The van der Waals surface area contributed by atoms with Gasteiger partial charge in [-0.2, -0.15) is 0 Å². The molecule has 1 aromatic rings. The van der Waals surface area contributed by atoms with Crippen LogP contribution >= 0.6 is 0 Å². The second-order valence-corrected chi connectivity index (χ2v) is 9.71. The van der Waals surface area contributed by atoms with Crippen LogP contribution in [-0.2, 0) is 30.3 Å². The van der Waals surface area contributed by atoms with Gasteiger partial charge in [0.2, 0.25) is 17.7 Å². The van der Waals surface area contributed by atoms with Crippen molar-refractivity contribution >= 4 is 30.1 Å². The quantitative estimate of drug-likeness (QED) is 0.195. The van der Waals surface area contributed by atoms with Crippen molar-refractivity contribution in [1.29, 1.82) is 0 Å². The highest BCUT2D eigenvalue weighted by molar-refractivity contribution is 5.94. The molecule has 0 aromatic heterocycles. The molecule has 4 N–H and O–H groups in total. The first kappa shape index (κ1) is 31.6. The first-order chi connectivity index (χ1) is 17.6. The molecule has 0 bridgehead atoms. The summed E-state index contributed by atoms with van der Waals surface area (Å²) < 4.78 is 5.12. The maximum atomic E-state index is 13.3. The fourth-order valence-electron chi connectivity index (χ4n) is 3.57. The molecule has 1 aromatic carbocycles. The number of ether oxygens (including phenoxy) is 1. The Morgan fingerprint density at radius 1 is 0.892 bits per heavy atom. The number of aldehydes is 1. The van der Waals surface area contributed by atoms with Gasteiger partial charge in [0.05, 0.1) is 13.2 Å². The molecular weight excluding hydrogens is 476 g/mol. The molecule has 0 spiro atoms. The normalized spacial score (nSPS) is 13.3. The van der Waals surface area contributed by atoms with Gasteiger partial charge in [0, 0.05) is 6.42 Å². The van der Waals surface area contributed by atoms with Crippen molar-refractivity contribution in [1.82, 2.24) is 21.3 Å². The standard InChI is InChI=1S/C27H42N4O6/c1-6-7-15-37-27(36)31-23(19(4)5)26(35)30-21(16-18(2)3)25(34)29-22(24(33)28-13-14-32)17-20-11-9-8-10-12-20/h8-12,14,18-19,21-23H,6-7,13,15-17H2,1-5H3,(H,28,33)(H,29,34)(H,30,35)(H,31,36)/t21-,22-,23-/m0/s1. The minimum Gasteiger partial charge on any atom is -0.450 e. The molecule has 37 heavy (non-hydrogen) atoms. The van der Waals surface area contributed by atoms with Gasteiger partial charge in [-0.25, -0.2) is 4.79 Å². The molecule has 0 fully saturated rings. The zero-order valence-electron chi connectivity index (χ0n) is 22.5. The van der Waals surface area contributed by atoms with Crippen LogP contribution in [0, 0.1) is 11.8 Å². The lowest BCUT2D eigenvalue weighted by molar-refractivity contribution is -0.133. The van der Waals surface area contributed by atoms with E-state index in [1.54, 1.807) is 13.8 Å². The Morgan fingerprint density at radius 3 is 2.11 bits per heavy atom. The average Bonchev–Trinajstić information content (AvgIpc) is 2.85. The largest absolute Gasteiger partial charge is 0.450 e. The van der Waals surface area contributed by atoms with Crippen LogP contribution in [0.5, 0.6) is 0 Å². The summed E-state index contributed by atoms with van der Waals surface area (Å²) in [5.74, 6) is -1.76. The second-order valence-electron chi connectivity index (χ2n) is 9.71. The summed E-state index contributed by atoms with van der Waals surface area (Å²) in [4.78, 5) is 62.0. The monoisotopic (exact) mass is 518 g/mol. The van der Waals surface area contributed by atoms with E-state index in [0.717, 1.165) is 12.0 Å². The molecule has 206 valence electrons. The molecule has 0 aliphatic rings. The molecule has 4 amide bonds. The smallest absolute Gasteiger partial charge is 0.407 e. The fourth-order valence-corrected chi connectivity index (χ4v) is 3.57. The lowest BCUT2D eigenvalue weighted by atomic mass is 9.99. The van der Waals surface area contributed by atoms with Crippen LogP contribution in [0.3, 0.4) is 0 Å². The summed E-state index contributed by atoms with van der Waals surface area (Å²) in [5, 5.41) is 10.5.